The number of para-hydroxylation sites is 1. The van der Waals surface area contributed by atoms with E-state index >= 15 is 0 Å². The zero-order chi connectivity index (χ0) is 15.0. The summed E-state index contributed by atoms with van der Waals surface area (Å²) in [6.07, 6.45) is 0.704. The Kier molecular flexibility index (Phi) is 3.47. The maximum absolute atomic E-state index is 12.9. The fraction of sp³-hybridized carbons (Fsp3) is 0.250. The van der Waals surface area contributed by atoms with Gasteiger partial charge in [0.2, 0.25) is 0 Å². The van der Waals surface area contributed by atoms with Crippen molar-refractivity contribution in [3.8, 4) is 0 Å². The van der Waals surface area contributed by atoms with Gasteiger partial charge in [0.25, 0.3) is 10.0 Å². The van der Waals surface area contributed by atoms with Crippen molar-refractivity contribution in [3.63, 3.8) is 0 Å². The molecule has 0 saturated heterocycles. The molecule has 21 heavy (non-hydrogen) atoms. The third-order valence-electron chi connectivity index (χ3n) is 3.75. The standard InChI is InChI=1S/C16H18N2O2S/c1-12-6-8-15(9-7-12)21(19,20)18-11-14(17)10-13-4-2-3-5-16(13)18/h2-9,14H,10-11,17H2,1H3. The Balaban J connectivity index is 2.09. The average molecular weight is 302 g/mol. The highest BCUT2D eigenvalue weighted by Gasteiger charge is 2.31. The van der Waals surface area contributed by atoms with Crippen molar-refractivity contribution in [1.29, 1.82) is 0 Å². The molecule has 3 rings (SSSR count). The van der Waals surface area contributed by atoms with Gasteiger partial charge in [-0.15, -0.1) is 0 Å². The van der Waals surface area contributed by atoms with Crippen molar-refractivity contribution in [2.24, 2.45) is 5.73 Å². The van der Waals surface area contributed by atoms with Crippen LogP contribution < -0.4 is 10.0 Å². The van der Waals surface area contributed by atoms with E-state index in [2.05, 4.69) is 0 Å². The molecule has 1 aliphatic rings. The number of fused-ring (bicyclic) bond motifs is 1. The van der Waals surface area contributed by atoms with Crippen molar-refractivity contribution >= 4 is 15.7 Å². The van der Waals surface area contributed by atoms with E-state index in [1.165, 1.54) is 4.31 Å². The monoisotopic (exact) mass is 302 g/mol. The van der Waals surface area contributed by atoms with Gasteiger partial charge in [-0.05, 0) is 37.1 Å². The van der Waals surface area contributed by atoms with Crippen molar-refractivity contribution in [2.45, 2.75) is 24.3 Å². The number of benzene rings is 2. The quantitative estimate of drug-likeness (QED) is 0.923. The lowest BCUT2D eigenvalue weighted by Crippen LogP contribution is -2.46. The van der Waals surface area contributed by atoms with Crippen LogP contribution in [0.25, 0.3) is 0 Å². The molecule has 2 aromatic rings. The van der Waals surface area contributed by atoms with Crippen molar-refractivity contribution in [3.05, 3.63) is 59.7 Å². The van der Waals surface area contributed by atoms with Crippen LogP contribution in [0.15, 0.2) is 53.4 Å². The molecule has 1 atom stereocenters. The van der Waals surface area contributed by atoms with Crippen molar-refractivity contribution < 1.29 is 8.42 Å². The second-order valence-corrected chi connectivity index (χ2v) is 7.30. The van der Waals surface area contributed by atoms with Crippen LogP contribution in [0.1, 0.15) is 11.1 Å². The largest absolute Gasteiger partial charge is 0.326 e. The molecule has 0 aliphatic carbocycles. The van der Waals surface area contributed by atoms with E-state index in [4.69, 9.17) is 5.73 Å². The Morgan fingerprint density at radius 3 is 2.48 bits per heavy atom. The second-order valence-electron chi connectivity index (χ2n) is 5.44. The fourth-order valence-electron chi connectivity index (χ4n) is 2.65. The molecule has 2 aromatic carbocycles. The summed E-state index contributed by atoms with van der Waals surface area (Å²) < 4.78 is 27.2. The molecule has 2 N–H and O–H groups in total. The first kappa shape index (κ1) is 14.1. The number of anilines is 1. The van der Waals surface area contributed by atoms with Gasteiger partial charge in [0.1, 0.15) is 0 Å². The summed E-state index contributed by atoms with van der Waals surface area (Å²) in [6.45, 7) is 2.25. The van der Waals surface area contributed by atoms with Crippen LogP contribution in [0, 0.1) is 6.92 Å². The highest BCUT2D eigenvalue weighted by Crippen LogP contribution is 2.31. The van der Waals surface area contributed by atoms with Crippen LogP contribution in [0.5, 0.6) is 0 Å². The van der Waals surface area contributed by atoms with Gasteiger partial charge in [-0.3, -0.25) is 4.31 Å². The van der Waals surface area contributed by atoms with Gasteiger partial charge in [0.15, 0.2) is 0 Å². The summed E-state index contributed by atoms with van der Waals surface area (Å²) in [5, 5.41) is 0. The van der Waals surface area contributed by atoms with E-state index in [9.17, 15) is 8.42 Å². The summed E-state index contributed by atoms with van der Waals surface area (Å²) in [4.78, 5) is 0.303. The molecule has 110 valence electrons. The van der Waals surface area contributed by atoms with Gasteiger partial charge < -0.3 is 5.73 Å². The molecule has 0 aromatic heterocycles. The number of rotatable bonds is 2. The Morgan fingerprint density at radius 1 is 1.10 bits per heavy atom. The normalized spacial score (nSPS) is 18.4. The predicted molar refractivity (Wildman–Crippen MR) is 83.8 cm³/mol. The number of sulfonamides is 1. The summed E-state index contributed by atoms with van der Waals surface area (Å²) in [5.74, 6) is 0. The molecule has 0 radical (unpaired) electrons. The number of aryl methyl sites for hydroxylation is 1. The zero-order valence-electron chi connectivity index (χ0n) is 11.9. The van der Waals surface area contributed by atoms with E-state index in [1.807, 2.05) is 43.3 Å². The van der Waals surface area contributed by atoms with E-state index in [-0.39, 0.29) is 6.04 Å². The third kappa shape index (κ3) is 2.54. The number of nitrogens with two attached hydrogens (primary N) is 1. The summed E-state index contributed by atoms with van der Waals surface area (Å²) in [5.41, 5.74) is 8.78. The Labute approximate surface area is 125 Å². The second kappa shape index (κ2) is 5.16. The van der Waals surface area contributed by atoms with Crippen LogP contribution in [0.2, 0.25) is 0 Å². The summed E-state index contributed by atoms with van der Waals surface area (Å²) in [7, 11) is -3.57. The number of hydrogen-bond acceptors (Lipinski definition) is 3. The van der Waals surface area contributed by atoms with E-state index in [0.717, 1.165) is 16.8 Å². The zero-order valence-corrected chi connectivity index (χ0v) is 12.7. The molecule has 5 heteroatoms. The minimum absolute atomic E-state index is 0.180. The van der Waals surface area contributed by atoms with E-state index in [1.54, 1.807) is 12.1 Å². The molecule has 0 saturated carbocycles. The van der Waals surface area contributed by atoms with Crippen molar-refractivity contribution in [2.75, 3.05) is 10.8 Å². The first-order chi connectivity index (χ1) is 9.98. The maximum atomic E-state index is 12.9. The first-order valence-corrected chi connectivity index (χ1v) is 8.35. The highest BCUT2D eigenvalue weighted by atomic mass is 32.2. The third-order valence-corrected chi connectivity index (χ3v) is 5.55. The van der Waals surface area contributed by atoms with E-state index in [0.29, 0.717) is 17.9 Å². The molecular weight excluding hydrogens is 284 g/mol. The van der Waals surface area contributed by atoms with Crippen LogP contribution in [-0.4, -0.2) is 21.0 Å². The first-order valence-electron chi connectivity index (χ1n) is 6.91. The van der Waals surface area contributed by atoms with Crippen LogP contribution in [0.4, 0.5) is 5.69 Å². The van der Waals surface area contributed by atoms with Crippen LogP contribution >= 0.6 is 0 Å². The van der Waals surface area contributed by atoms with Gasteiger partial charge in [-0.2, -0.15) is 0 Å². The molecule has 1 unspecified atom stereocenters. The Hall–Kier alpha value is -1.85. The van der Waals surface area contributed by atoms with Gasteiger partial charge >= 0.3 is 0 Å². The van der Waals surface area contributed by atoms with Crippen LogP contribution in [0.3, 0.4) is 0 Å². The summed E-state index contributed by atoms with van der Waals surface area (Å²) in [6, 6.07) is 14.3. The molecule has 0 bridgehead atoms. The lowest BCUT2D eigenvalue weighted by Gasteiger charge is -2.33. The smallest absolute Gasteiger partial charge is 0.264 e. The van der Waals surface area contributed by atoms with Crippen molar-refractivity contribution in [1.82, 2.24) is 0 Å². The van der Waals surface area contributed by atoms with Gasteiger partial charge in [0, 0.05) is 12.6 Å². The van der Waals surface area contributed by atoms with E-state index < -0.39 is 10.0 Å². The fourth-order valence-corrected chi connectivity index (χ4v) is 4.21. The lowest BCUT2D eigenvalue weighted by molar-refractivity contribution is 0.575. The molecule has 4 nitrogen and oxygen atoms in total. The topological polar surface area (TPSA) is 63.4 Å². The predicted octanol–water partition coefficient (Wildman–Crippen LogP) is 2.07. The average Bonchev–Trinajstić information content (AvgIpc) is 2.46. The minimum atomic E-state index is -3.57. The molecule has 0 amide bonds. The maximum Gasteiger partial charge on any atom is 0.264 e. The molecular formula is C16H18N2O2S. The Morgan fingerprint density at radius 2 is 1.76 bits per heavy atom. The van der Waals surface area contributed by atoms with Gasteiger partial charge in [-0.25, -0.2) is 8.42 Å². The molecule has 1 aliphatic heterocycles. The highest BCUT2D eigenvalue weighted by molar-refractivity contribution is 7.92. The van der Waals surface area contributed by atoms with Gasteiger partial charge in [0.05, 0.1) is 10.6 Å². The summed E-state index contributed by atoms with van der Waals surface area (Å²) >= 11 is 0. The SMILES string of the molecule is Cc1ccc(S(=O)(=O)N2CC(N)Cc3ccccc32)cc1. The van der Waals surface area contributed by atoms with Crippen LogP contribution in [-0.2, 0) is 16.4 Å². The number of hydrogen-bond donors (Lipinski definition) is 1. The molecule has 0 spiro atoms. The lowest BCUT2D eigenvalue weighted by atomic mass is 10.0. The molecule has 1 heterocycles. The number of nitrogens with zero attached hydrogens (tertiary/aromatic N) is 1. The minimum Gasteiger partial charge on any atom is -0.326 e. The van der Waals surface area contributed by atoms with Gasteiger partial charge in [-0.1, -0.05) is 35.9 Å². The molecule has 0 fully saturated rings. The Bertz CT molecular complexity index is 754.